The number of nitrogens with one attached hydrogen (secondary N) is 5. The molecule has 54 heavy (non-hydrogen) atoms. The number of nitrogens with two attached hydrogens (primary N) is 1. The van der Waals surface area contributed by atoms with E-state index in [1.165, 1.54) is 35.4 Å². The summed E-state index contributed by atoms with van der Waals surface area (Å²) in [5.74, 6) is -5.85. The highest BCUT2D eigenvalue weighted by Crippen LogP contribution is 2.37. The summed E-state index contributed by atoms with van der Waals surface area (Å²) < 4.78 is 15.8. The Balaban J connectivity index is 1.94. The van der Waals surface area contributed by atoms with E-state index >= 15 is 0 Å². The van der Waals surface area contributed by atoms with Gasteiger partial charge in [0, 0.05) is 19.4 Å². The van der Waals surface area contributed by atoms with Crippen LogP contribution < -0.4 is 36.8 Å². The Kier molecular flexibility index (Phi) is 16.2. The summed E-state index contributed by atoms with van der Waals surface area (Å²) in [5, 5.41) is 13.2. The van der Waals surface area contributed by atoms with Crippen LogP contribution in [0.4, 0.5) is 0 Å². The van der Waals surface area contributed by atoms with Crippen molar-refractivity contribution in [2.45, 2.75) is 109 Å². The SMILES string of the molecule is CC(C)[C@@H]1NC(=O)[C@H](Cc2ccc(OP(=O)(O)O)cc2)NC(=O)CCCC/C=C/NC(=O)[C@@H]2CCCN2C(=O)[C@H](C(C)C)NC(=O)[C@H](CC(N)=O)NC1=O. The van der Waals surface area contributed by atoms with Gasteiger partial charge < -0.3 is 41.7 Å². The number of rotatable bonds is 8. The van der Waals surface area contributed by atoms with E-state index in [0.29, 0.717) is 37.7 Å². The molecule has 2 aliphatic heterocycles. The summed E-state index contributed by atoms with van der Waals surface area (Å²) in [4.78, 5) is 113. The molecule has 19 heteroatoms. The smallest absolute Gasteiger partial charge is 0.404 e. The third kappa shape index (κ3) is 13.6. The molecular formula is C35H52N7O11P. The van der Waals surface area contributed by atoms with Gasteiger partial charge >= 0.3 is 7.82 Å². The first kappa shape index (κ1) is 43.6. The Bertz CT molecular complexity index is 1610. The molecule has 0 spiro atoms. The van der Waals surface area contributed by atoms with Gasteiger partial charge in [0.1, 0.15) is 36.0 Å². The molecule has 1 fully saturated rings. The van der Waals surface area contributed by atoms with Crippen molar-refractivity contribution in [1.82, 2.24) is 31.5 Å². The molecule has 0 saturated carbocycles. The maximum Gasteiger partial charge on any atom is 0.524 e. The molecule has 9 N–H and O–H groups in total. The number of phosphoric ester groups is 1. The Morgan fingerprint density at radius 3 is 2.09 bits per heavy atom. The second-order valence-electron chi connectivity index (χ2n) is 14.1. The van der Waals surface area contributed by atoms with Crippen LogP contribution in [0.5, 0.6) is 5.75 Å². The maximum absolute atomic E-state index is 13.8. The third-order valence-electron chi connectivity index (χ3n) is 8.96. The van der Waals surface area contributed by atoms with E-state index < -0.39 is 97.6 Å². The molecule has 5 atom stereocenters. The van der Waals surface area contributed by atoms with Gasteiger partial charge in [-0.1, -0.05) is 45.9 Å². The number of carbonyl (C=O) groups excluding carboxylic acids is 7. The Morgan fingerprint density at radius 1 is 0.852 bits per heavy atom. The summed E-state index contributed by atoms with van der Waals surface area (Å²) in [7, 11) is -4.82. The monoisotopic (exact) mass is 777 g/mol. The predicted octanol–water partition coefficient (Wildman–Crippen LogP) is 0.0221. The highest BCUT2D eigenvalue weighted by atomic mass is 31.2. The molecule has 1 aromatic rings. The number of allylic oxidation sites excluding steroid dienone is 1. The zero-order valence-corrected chi connectivity index (χ0v) is 31.8. The van der Waals surface area contributed by atoms with Crippen LogP contribution in [0.15, 0.2) is 36.5 Å². The number of hydrogen-bond donors (Lipinski definition) is 8. The first-order valence-corrected chi connectivity index (χ1v) is 19.5. The van der Waals surface area contributed by atoms with E-state index in [0.717, 1.165) is 0 Å². The number of fused-ring (bicyclic) bond motifs is 1. The van der Waals surface area contributed by atoms with Gasteiger partial charge in [-0.3, -0.25) is 43.3 Å². The quantitative estimate of drug-likeness (QED) is 0.163. The van der Waals surface area contributed by atoms with Crippen LogP contribution in [0.2, 0.25) is 0 Å². The lowest BCUT2D eigenvalue weighted by atomic mass is 9.99. The maximum atomic E-state index is 13.8. The molecular weight excluding hydrogens is 725 g/mol. The van der Waals surface area contributed by atoms with Gasteiger partial charge in [0.05, 0.1) is 6.42 Å². The molecule has 0 bridgehead atoms. The fraction of sp³-hybridized carbons (Fsp3) is 0.571. The zero-order valence-electron chi connectivity index (χ0n) is 30.9. The number of primary amides is 1. The molecule has 0 radical (unpaired) electrons. The van der Waals surface area contributed by atoms with Gasteiger partial charge in [-0.25, -0.2) is 4.57 Å². The normalized spacial score (nSPS) is 25.2. The lowest BCUT2D eigenvalue weighted by Crippen LogP contribution is -2.61. The molecule has 1 aromatic carbocycles. The van der Waals surface area contributed by atoms with Crippen LogP contribution in [0.25, 0.3) is 0 Å². The van der Waals surface area contributed by atoms with Crippen molar-refractivity contribution >= 4 is 49.2 Å². The number of amides is 7. The standard InChI is InChI=1S/C35H52N7O11P/c1-20(2)29-34(48)39-25(19-27(36)43)32(46)41-30(21(3)4)35(49)42-17-9-10-26(42)33(47)37-16-8-6-5-7-11-28(44)38-24(31(45)40-29)18-22-12-14-23(15-13-22)53-54(50,51)52/h8,12-16,20-21,24-26,29-30H,5-7,9-11,17-19H2,1-4H3,(H2,36,43)(H,37,47)(H,38,44)(H,39,48)(H,40,45)(H,41,46)(H2,50,51,52)/b16-8+/t24-,25-,26-,29-,30-/m0/s1. The zero-order chi connectivity index (χ0) is 40.2. The molecule has 298 valence electrons. The van der Waals surface area contributed by atoms with Crippen molar-refractivity contribution in [2.24, 2.45) is 17.6 Å². The first-order valence-electron chi connectivity index (χ1n) is 17.9. The van der Waals surface area contributed by atoms with E-state index in [4.69, 9.17) is 15.5 Å². The number of phosphoric acid groups is 1. The van der Waals surface area contributed by atoms with Crippen molar-refractivity contribution < 1.29 is 52.4 Å². The summed E-state index contributed by atoms with van der Waals surface area (Å²) in [5.41, 5.74) is 5.92. The molecule has 7 amide bonds. The van der Waals surface area contributed by atoms with E-state index in [9.17, 15) is 38.1 Å². The van der Waals surface area contributed by atoms with Crippen LogP contribution in [0.3, 0.4) is 0 Å². The van der Waals surface area contributed by atoms with Gasteiger partial charge in [-0.2, -0.15) is 0 Å². The van der Waals surface area contributed by atoms with Gasteiger partial charge in [0.2, 0.25) is 41.4 Å². The summed E-state index contributed by atoms with van der Waals surface area (Å²) >= 11 is 0. The molecule has 3 rings (SSSR count). The first-order chi connectivity index (χ1) is 25.4. The van der Waals surface area contributed by atoms with E-state index in [-0.39, 0.29) is 25.1 Å². The molecule has 2 aliphatic rings. The van der Waals surface area contributed by atoms with E-state index in [2.05, 4.69) is 31.1 Å². The Labute approximate surface area is 314 Å². The Morgan fingerprint density at radius 2 is 1.48 bits per heavy atom. The fourth-order valence-electron chi connectivity index (χ4n) is 6.11. The van der Waals surface area contributed by atoms with Crippen molar-refractivity contribution in [3.8, 4) is 5.75 Å². The lowest BCUT2D eigenvalue weighted by molar-refractivity contribution is -0.143. The highest BCUT2D eigenvalue weighted by Gasteiger charge is 2.40. The second-order valence-corrected chi connectivity index (χ2v) is 15.3. The van der Waals surface area contributed by atoms with Crippen molar-refractivity contribution in [1.29, 1.82) is 0 Å². The van der Waals surface area contributed by atoms with Gasteiger partial charge in [0.25, 0.3) is 0 Å². The topological polar surface area (TPSA) is 276 Å². The van der Waals surface area contributed by atoms with E-state index in [1.54, 1.807) is 33.8 Å². The minimum atomic E-state index is -4.82. The number of benzene rings is 1. The largest absolute Gasteiger partial charge is 0.524 e. The number of nitrogens with zero attached hydrogens (tertiary/aromatic N) is 1. The summed E-state index contributed by atoms with van der Waals surface area (Å²) in [6.07, 6.45) is 5.07. The van der Waals surface area contributed by atoms with Crippen LogP contribution in [0.1, 0.15) is 78.2 Å². The number of carbonyl (C=O) groups is 7. The molecule has 0 unspecified atom stereocenters. The summed E-state index contributed by atoms with van der Waals surface area (Å²) in [6.45, 7) is 6.97. The molecule has 18 nitrogen and oxygen atoms in total. The lowest BCUT2D eigenvalue weighted by Gasteiger charge is -2.31. The van der Waals surface area contributed by atoms with Crippen LogP contribution >= 0.6 is 7.82 Å². The van der Waals surface area contributed by atoms with Crippen LogP contribution in [-0.4, -0.2) is 92.8 Å². The molecule has 1 saturated heterocycles. The molecule has 0 aliphatic carbocycles. The summed E-state index contributed by atoms with van der Waals surface area (Å²) in [6, 6.07) is -0.408. The van der Waals surface area contributed by atoms with Crippen molar-refractivity contribution in [3.05, 3.63) is 42.1 Å². The van der Waals surface area contributed by atoms with Crippen LogP contribution in [-0.2, 0) is 44.5 Å². The van der Waals surface area contributed by atoms with Crippen molar-refractivity contribution in [3.63, 3.8) is 0 Å². The highest BCUT2D eigenvalue weighted by molar-refractivity contribution is 7.46. The van der Waals surface area contributed by atoms with Gasteiger partial charge in [0.15, 0.2) is 0 Å². The predicted molar refractivity (Wildman–Crippen MR) is 195 cm³/mol. The minimum absolute atomic E-state index is 0.0488. The number of hydrogen-bond acceptors (Lipinski definition) is 9. The van der Waals surface area contributed by atoms with E-state index in [1.807, 2.05) is 0 Å². The third-order valence-corrected chi connectivity index (χ3v) is 9.41. The average Bonchev–Trinajstić information content (AvgIpc) is 3.57. The Hall–Kier alpha value is -4.80. The molecule has 2 heterocycles. The second kappa shape index (κ2) is 20.0. The average molecular weight is 778 g/mol. The minimum Gasteiger partial charge on any atom is -0.404 e. The van der Waals surface area contributed by atoms with Crippen molar-refractivity contribution in [2.75, 3.05) is 6.54 Å². The van der Waals surface area contributed by atoms with Crippen LogP contribution in [0, 0.1) is 11.8 Å². The van der Waals surface area contributed by atoms with Gasteiger partial charge in [-0.05, 0) is 67.8 Å². The van der Waals surface area contributed by atoms with Gasteiger partial charge in [-0.15, -0.1) is 0 Å². The molecule has 0 aromatic heterocycles. The fourth-order valence-corrected chi connectivity index (χ4v) is 6.51.